The number of rotatable bonds is 2. The monoisotopic (exact) mass is 264 g/mol. The van der Waals surface area contributed by atoms with Crippen molar-refractivity contribution >= 4 is 16.5 Å². The van der Waals surface area contributed by atoms with E-state index in [1.54, 1.807) is 14.0 Å². The van der Waals surface area contributed by atoms with Gasteiger partial charge in [-0.25, -0.2) is 0 Å². The van der Waals surface area contributed by atoms with Crippen LogP contribution in [-0.4, -0.2) is 21.6 Å². The normalized spacial score (nSPS) is 11.8. The minimum absolute atomic E-state index is 0.187. The smallest absolute Gasteiger partial charge is 0.378 e. The van der Waals surface area contributed by atoms with Crippen LogP contribution >= 0.6 is 11.5 Å². The Hall–Kier alpha value is -1.64. The highest BCUT2D eigenvalue weighted by Crippen LogP contribution is 2.35. The third-order valence-corrected chi connectivity index (χ3v) is 2.94. The van der Waals surface area contributed by atoms with Gasteiger partial charge in [0.1, 0.15) is 5.00 Å². The van der Waals surface area contributed by atoms with Crippen molar-refractivity contribution in [3.8, 4) is 11.5 Å². The van der Waals surface area contributed by atoms with Crippen molar-refractivity contribution in [1.82, 2.24) is 14.5 Å². The van der Waals surface area contributed by atoms with E-state index in [4.69, 9.17) is 0 Å². The fraction of sp³-hybridized carbons (Fsp3) is 0.375. The van der Waals surface area contributed by atoms with E-state index in [1.807, 2.05) is 0 Å². The standard InChI is InChI=1S/C8H7F3N4OS/c1-3-4(6(12-2)17-15-3)5-13-7(14-16-5)8(9,10)11/h12H,1-2H3. The van der Waals surface area contributed by atoms with Gasteiger partial charge in [0.25, 0.3) is 11.7 Å². The van der Waals surface area contributed by atoms with Crippen molar-refractivity contribution in [3.05, 3.63) is 11.5 Å². The number of nitrogens with one attached hydrogen (secondary N) is 1. The summed E-state index contributed by atoms with van der Waals surface area (Å²) >= 11 is 1.12. The lowest BCUT2D eigenvalue weighted by Crippen LogP contribution is -2.07. The van der Waals surface area contributed by atoms with Crippen LogP contribution in [0.1, 0.15) is 11.5 Å². The van der Waals surface area contributed by atoms with Gasteiger partial charge in [0, 0.05) is 7.05 Å². The molecule has 0 saturated carbocycles. The Bertz CT molecular complexity index is 533. The second-order valence-corrected chi connectivity index (χ2v) is 3.92. The predicted octanol–water partition coefficient (Wildman–Crippen LogP) is 2.56. The molecule has 0 saturated heterocycles. The predicted molar refractivity (Wildman–Crippen MR) is 54.7 cm³/mol. The molecule has 0 atom stereocenters. The van der Waals surface area contributed by atoms with Gasteiger partial charge in [-0.2, -0.15) is 22.5 Å². The lowest BCUT2D eigenvalue weighted by Gasteiger charge is -1.97. The highest BCUT2D eigenvalue weighted by molar-refractivity contribution is 7.10. The second-order valence-electron chi connectivity index (χ2n) is 3.14. The van der Waals surface area contributed by atoms with Crippen molar-refractivity contribution in [2.24, 2.45) is 0 Å². The first-order chi connectivity index (χ1) is 7.93. The van der Waals surface area contributed by atoms with Crippen molar-refractivity contribution in [1.29, 1.82) is 0 Å². The maximum absolute atomic E-state index is 12.3. The quantitative estimate of drug-likeness (QED) is 0.903. The summed E-state index contributed by atoms with van der Waals surface area (Å²) in [4.78, 5) is 3.32. The fourth-order valence-electron chi connectivity index (χ4n) is 1.23. The Labute approximate surface area is 97.8 Å². The molecule has 0 bridgehead atoms. The van der Waals surface area contributed by atoms with Gasteiger partial charge >= 0.3 is 6.18 Å². The number of hydrogen-bond donors (Lipinski definition) is 1. The first-order valence-corrected chi connectivity index (χ1v) is 5.26. The van der Waals surface area contributed by atoms with Gasteiger partial charge in [0.05, 0.1) is 11.3 Å². The number of nitrogens with zero attached hydrogens (tertiary/aromatic N) is 3. The van der Waals surface area contributed by atoms with Gasteiger partial charge < -0.3 is 9.84 Å². The highest BCUT2D eigenvalue weighted by atomic mass is 32.1. The van der Waals surface area contributed by atoms with Crippen LogP contribution in [0.2, 0.25) is 0 Å². The Balaban J connectivity index is 2.47. The van der Waals surface area contributed by atoms with Crippen molar-refractivity contribution in [2.45, 2.75) is 13.1 Å². The largest absolute Gasteiger partial charge is 0.455 e. The molecular formula is C8H7F3N4OS. The van der Waals surface area contributed by atoms with E-state index in [-0.39, 0.29) is 5.89 Å². The summed E-state index contributed by atoms with van der Waals surface area (Å²) in [5, 5.41) is 6.29. The molecule has 0 aliphatic rings. The maximum atomic E-state index is 12.3. The van der Waals surface area contributed by atoms with Crippen molar-refractivity contribution in [2.75, 3.05) is 12.4 Å². The molecule has 0 amide bonds. The zero-order chi connectivity index (χ0) is 12.6. The van der Waals surface area contributed by atoms with E-state index in [2.05, 4.69) is 24.4 Å². The zero-order valence-electron chi connectivity index (χ0n) is 8.79. The molecule has 0 radical (unpaired) electrons. The molecule has 0 aliphatic carbocycles. The lowest BCUT2D eigenvalue weighted by molar-refractivity contribution is -0.146. The molecule has 92 valence electrons. The molecule has 2 heterocycles. The molecule has 9 heteroatoms. The van der Waals surface area contributed by atoms with E-state index in [0.717, 1.165) is 11.5 Å². The molecule has 0 aromatic carbocycles. The molecule has 0 spiro atoms. The molecule has 0 fully saturated rings. The number of hydrogen-bond acceptors (Lipinski definition) is 6. The molecule has 0 aliphatic heterocycles. The molecular weight excluding hydrogens is 257 g/mol. The van der Waals surface area contributed by atoms with Crippen LogP contribution in [0.25, 0.3) is 11.5 Å². The first kappa shape index (κ1) is 11.8. The summed E-state index contributed by atoms with van der Waals surface area (Å²) in [5.74, 6) is -1.48. The average Bonchev–Trinajstić information content (AvgIpc) is 2.82. The Morgan fingerprint density at radius 1 is 1.35 bits per heavy atom. The number of aryl methyl sites for hydroxylation is 1. The number of alkyl halides is 3. The van der Waals surface area contributed by atoms with E-state index in [0.29, 0.717) is 16.3 Å². The molecule has 2 aromatic heterocycles. The minimum atomic E-state index is -4.61. The minimum Gasteiger partial charge on any atom is -0.378 e. The van der Waals surface area contributed by atoms with Crippen LogP contribution in [0.3, 0.4) is 0 Å². The molecule has 1 N–H and O–H groups in total. The van der Waals surface area contributed by atoms with Crippen LogP contribution in [0.4, 0.5) is 18.2 Å². The average molecular weight is 264 g/mol. The summed E-state index contributed by atoms with van der Waals surface area (Å²) in [7, 11) is 1.64. The SMILES string of the molecule is CNc1snc(C)c1-c1nc(C(F)(F)F)no1. The second kappa shape index (κ2) is 3.99. The molecule has 2 rings (SSSR count). The highest BCUT2D eigenvalue weighted by Gasteiger charge is 2.37. The van der Waals surface area contributed by atoms with Gasteiger partial charge in [0.2, 0.25) is 0 Å². The van der Waals surface area contributed by atoms with E-state index < -0.39 is 12.0 Å². The van der Waals surface area contributed by atoms with Crippen molar-refractivity contribution < 1.29 is 17.7 Å². The van der Waals surface area contributed by atoms with Gasteiger partial charge in [-0.05, 0) is 18.5 Å². The summed E-state index contributed by atoms with van der Waals surface area (Å²) in [5.41, 5.74) is 0.942. The molecule has 2 aromatic rings. The van der Waals surface area contributed by atoms with Gasteiger partial charge in [-0.3, -0.25) is 0 Å². The van der Waals surface area contributed by atoms with Crippen LogP contribution in [0.5, 0.6) is 0 Å². The Kier molecular flexibility index (Phi) is 2.77. The maximum Gasteiger partial charge on any atom is 0.455 e. The summed E-state index contributed by atoms with van der Waals surface area (Å²) in [6.07, 6.45) is -4.61. The summed E-state index contributed by atoms with van der Waals surface area (Å²) < 4.78 is 45.5. The number of halogens is 3. The Morgan fingerprint density at radius 2 is 2.06 bits per heavy atom. The zero-order valence-corrected chi connectivity index (χ0v) is 9.61. The van der Waals surface area contributed by atoms with Gasteiger partial charge in [-0.1, -0.05) is 5.16 Å². The van der Waals surface area contributed by atoms with E-state index in [1.165, 1.54) is 0 Å². The Morgan fingerprint density at radius 3 is 2.59 bits per heavy atom. The van der Waals surface area contributed by atoms with Crippen LogP contribution in [0.15, 0.2) is 4.52 Å². The molecule has 17 heavy (non-hydrogen) atoms. The number of anilines is 1. The molecule has 5 nitrogen and oxygen atoms in total. The summed E-state index contributed by atoms with van der Waals surface area (Å²) in [6, 6.07) is 0. The third-order valence-electron chi connectivity index (χ3n) is 1.98. The van der Waals surface area contributed by atoms with E-state index in [9.17, 15) is 13.2 Å². The van der Waals surface area contributed by atoms with Crippen LogP contribution < -0.4 is 5.32 Å². The topological polar surface area (TPSA) is 63.8 Å². The van der Waals surface area contributed by atoms with Crippen LogP contribution in [0, 0.1) is 6.92 Å². The summed E-state index contributed by atoms with van der Waals surface area (Å²) in [6.45, 7) is 1.66. The lowest BCUT2D eigenvalue weighted by atomic mass is 10.2. The van der Waals surface area contributed by atoms with Gasteiger partial charge in [0.15, 0.2) is 0 Å². The number of aromatic nitrogens is 3. The molecule has 0 unspecified atom stereocenters. The fourth-order valence-corrected chi connectivity index (χ4v) is 1.97. The van der Waals surface area contributed by atoms with E-state index >= 15 is 0 Å². The van der Waals surface area contributed by atoms with Gasteiger partial charge in [-0.15, -0.1) is 0 Å². The first-order valence-electron chi connectivity index (χ1n) is 4.48. The van der Waals surface area contributed by atoms with Crippen molar-refractivity contribution in [3.63, 3.8) is 0 Å². The third kappa shape index (κ3) is 2.09. The van der Waals surface area contributed by atoms with Crippen LogP contribution in [-0.2, 0) is 6.18 Å².